The van der Waals surface area contributed by atoms with E-state index in [4.69, 9.17) is 9.68 Å². The standard InChI is InChI=1S/C14H9N3O4/c15-8-11(7-10-5-6-21-9-10)14(18)16-12-1-3-13(4-2-12)17(19)20/h1-7,9H,(H,16,18). The van der Waals surface area contributed by atoms with E-state index in [1.54, 1.807) is 12.1 Å². The molecule has 2 rings (SSSR count). The van der Waals surface area contributed by atoms with Crippen molar-refractivity contribution in [1.82, 2.24) is 0 Å². The van der Waals surface area contributed by atoms with Gasteiger partial charge in [-0.05, 0) is 24.3 Å². The molecule has 1 aromatic carbocycles. The van der Waals surface area contributed by atoms with Crippen molar-refractivity contribution >= 4 is 23.4 Å². The van der Waals surface area contributed by atoms with Gasteiger partial charge < -0.3 is 9.73 Å². The number of nitrogens with one attached hydrogen (secondary N) is 1. The lowest BCUT2D eigenvalue weighted by Gasteiger charge is -2.03. The number of furan rings is 1. The van der Waals surface area contributed by atoms with Crippen LogP contribution in [0.5, 0.6) is 0 Å². The number of nitro groups is 1. The summed E-state index contributed by atoms with van der Waals surface area (Å²) in [5.41, 5.74) is 0.765. The third kappa shape index (κ3) is 3.54. The molecule has 7 heteroatoms. The van der Waals surface area contributed by atoms with E-state index in [1.807, 2.05) is 0 Å². The van der Waals surface area contributed by atoms with Crippen LogP contribution >= 0.6 is 0 Å². The normalized spacial score (nSPS) is 10.7. The fraction of sp³-hybridized carbons (Fsp3) is 0. The quantitative estimate of drug-likeness (QED) is 0.401. The van der Waals surface area contributed by atoms with Gasteiger partial charge in [0.05, 0.1) is 17.4 Å². The van der Waals surface area contributed by atoms with E-state index in [1.165, 1.54) is 42.9 Å². The summed E-state index contributed by atoms with van der Waals surface area (Å²) in [5.74, 6) is -0.604. The Morgan fingerprint density at radius 2 is 2.05 bits per heavy atom. The molecule has 1 heterocycles. The van der Waals surface area contributed by atoms with Gasteiger partial charge in [-0.25, -0.2) is 0 Å². The molecule has 1 aromatic heterocycles. The SMILES string of the molecule is N#CC(=Cc1ccoc1)C(=O)Nc1ccc([N+](=O)[O-])cc1. The van der Waals surface area contributed by atoms with Crippen molar-refractivity contribution in [1.29, 1.82) is 5.26 Å². The molecule has 1 N–H and O–H groups in total. The molecule has 0 spiro atoms. The van der Waals surface area contributed by atoms with Crippen LogP contribution < -0.4 is 5.32 Å². The minimum atomic E-state index is -0.604. The van der Waals surface area contributed by atoms with E-state index < -0.39 is 10.8 Å². The van der Waals surface area contributed by atoms with Crippen molar-refractivity contribution in [2.45, 2.75) is 0 Å². The molecular formula is C14H9N3O4. The molecule has 2 aromatic rings. The summed E-state index contributed by atoms with van der Waals surface area (Å²) in [6, 6.07) is 8.71. The van der Waals surface area contributed by atoms with E-state index in [2.05, 4.69) is 5.32 Å². The van der Waals surface area contributed by atoms with Crippen molar-refractivity contribution in [3.63, 3.8) is 0 Å². The van der Waals surface area contributed by atoms with E-state index in [0.29, 0.717) is 11.3 Å². The van der Waals surface area contributed by atoms with Gasteiger partial charge in [0.15, 0.2) is 0 Å². The minimum Gasteiger partial charge on any atom is -0.472 e. The first-order valence-corrected chi connectivity index (χ1v) is 5.80. The zero-order chi connectivity index (χ0) is 15.2. The largest absolute Gasteiger partial charge is 0.472 e. The zero-order valence-corrected chi connectivity index (χ0v) is 10.6. The first kappa shape index (κ1) is 14.0. The second-order valence-corrected chi connectivity index (χ2v) is 3.98. The van der Waals surface area contributed by atoms with Gasteiger partial charge in [-0.2, -0.15) is 5.26 Å². The van der Waals surface area contributed by atoms with Gasteiger partial charge in [-0.3, -0.25) is 14.9 Å². The second-order valence-electron chi connectivity index (χ2n) is 3.98. The number of anilines is 1. The van der Waals surface area contributed by atoms with Gasteiger partial charge in [0.25, 0.3) is 11.6 Å². The smallest absolute Gasteiger partial charge is 0.269 e. The number of benzene rings is 1. The molecule has 7 nitrogen and oxygen atoms in total. The lowest BCUT2D eigenvalue weighted by atomic mass is 10.2. The fourth-order valence-corrected chi connectivity index (χ4v) is 1.54. The number of nitriles is 1. The molecule has 0 aliphatic carbocycles. The maximum Gasteiger partial charge on any atom is 0.269 e. The van der Waals surface area contributed by atoms with E-state index in [0.717, 1.165) is 0 Å². The summed E-state index contributed by atoms with van der Waals surface area (Å²) < 4.78 is 4.84. The first-order valence-electron chi connectivity index (χ1n) is 5.80. The number of non-ortho nitro benzene ring substituents is 1. The average Bonchev–Trinajstić information content (AvgIpc) is 2.98. The molecule has 0 saturated carbocycles. The van der Waals surface area contributed by atoms with E-state index in [9.17, 15) is 14.9 Å². The van der Waals surface area contributed by atoms with Gasteiger partial charge in [0, 0.05) is 23.4 Å². The summed E-state index contributed by atoms with van der Waals surface area (Å²) in [5, 5.41) is 22.0. The topological polar surface area (TPSA) is 109 Å². The molecule has 0 aliphatic rings. The fourth-order valence-electron chi connectivity index (χ4n) is 1.54. The van der Waals surface area contributed by atoms with Crippen molar-refractivity contribution in [3.8, 4) is 6.07 Å². The molecule has 104 valence electrons. The van der Waals surface area contributed by atoms with Crippen LogP contribution in [0, 0.1) is 21.4 Å². The Labute approximate surface area is 119 Å². The number of hydrogen-bond acceptors (Lipinski definition) is 5. The van der Waals surface area contributed by atoms with E-state index in [-0.39, 0.29) is 11.3 Å². The van der Waals surface area contributed by atoms with Gasteiger partial charge in [-0.1, -0.05) is 0 Å². The highest BCUT2D eigenvalue weighted by atomic mass is 16.6. The van der Waals surface area contributed by atoms with E-state index >= 15 is 0 Å². The van der Waals surface area contributed by atoms with Crippen LogP contribution in [0.2, 0.25) is 0 Å². The van der Waals surface area contributed by atoms with Crippen LogP contribution in [0.4, 0.5) is 11.4 Å². The molecule has 0 unspecified atom stereocenters. The Balaban J connectivity index is 2.13. The Bertz CT molecular complexity index is 725. The van der Waals surface area contributed by atoms with Crippen molar-refractivity contribution < 1.29 is 14.1 Å². The number of rotatable bonds is 4. The lowest BCUT2D eigenvalue weighted by Crippen LogP contribution is -2.13. The molecule has 0 saturated heterocycles. The molecule has 0 atom stereocenters. The second kappa shape index (κ2) is 6.16. The summed E-state index contributed by atoms with van der Waals surface area (Å²) in [6.07, 6.45) is 4.20. The Morgan fingerprint density at radius 3 is 2.57 bits per heavy atom. The number of carbonyl (C=O) groups excluding carboxylic acids is 1. The summed E-state index contributed by atoms with van der Waals surface area (Å²) in [6.45, 7) is 0. The maximum atomic E-state index is 11.9. The lowest BCUT2D eigenvalue weighted by molar-refractivity contribution is -0.384. The first-order chi connectivity index (χ1) is 10.1. The van der Waals surface area contributed by atoms with Crippen LogP contribution in [0.1, 0.15) is 5.56 Å². The van der Waals surface area contributed by atoms with Crippen LogP contribution in [0.15, 0.2) is 52.8 Å². The zero-order valence-electron chi connectivity index (χ0n) is 10.6. The highest BCUT2D eigenvalue weighted by Gasteiger charge is 2.11. The third-order valence-corrected chi connectivity index (χ3v) is 2.56. The van der Waals surface area contributed by atoms with Crippen LogP contribution in [-0.4, -0.2) is 10.8 Å². The molecule has 1 amide bonds. The van der Waals surface area contributed by atoms with Gasteiger partial charge in [0.2, 0.25) is 0 Å². The van der Waals surface area contributed by atoms with Crippen LogP contribution in [-0.2, 0) is 4.79 Å². The average molecular weight is 283 g/mol. The number of carbonyl (C=O) groups is 1. The Morgan fingerprint density at radius 1 is 1.33 bits per heavy atom. The predicted molar refractivity (Wildman–Crippen MR) is 74.0 cm³/mol. The highest BCUT2D eigenvalue weighted by Crippen LogP contribution is 2.16. The number of amides is 1. The molecular weight excluding hydrogens is 274 g/mol. The summed E-state index contributed by atoms with van der Waals surface area (Å²) in [4.78, 5) is 21.9. The van der Waals surface area contributed by atoms with Gasteiger partial charge in [-0.15, -0.1) is 0 Å². The molecule has 0 radical (unpaired) electrons. The van der Waals surface area contributed by atoms with Crippen molar-refractivity contribution in [2.75, 3.05) is 5.32 Å². The summed E-state index contributed by atoms with van der Waals surface area (Å²) in [7, 11) is 0. The van der Waals surface area contributed by atoms with Gasteiger partial charge >= 0.3 is 0 Å². The Hall–Kier alpha value is -3.40. The molecule has 0 aliphatic heterocycles. The van der Waals surface area contributed by atoms with Crippen LogP contribution in [0.3, 0.4) is 0 Å². The van der Waals surface area contributed by atoms with Gasteiger partial charge in [0.1, 0.15) is 11.6 Å². The predicted octanol–water partition coefficient (Wildman–Crippen LogP) is 2.73. The number of nitro benzene ring substituents is 1. The number of nitrogens with zero attached hydrogens (tertiary/aromatic N) is 2. The maximum absolute atomic E-state index is 11.9. The van der Waals surface area contributed by atoms with Crippen molar-refractivity contribution in [2.24, 2.45) is 0 Å². The van der Waals surface area contributed by atoms with Crippen LogP contribution in [0.25, 0.3) is 6.08 Å². The highest BCUT2D eigenvalue weighted by molar-refractivity contribution is 6.09. The monoisotopic (exact) mass is 283 g/mol. The molecule has 0 fully saturated rings. The number of hydrogen-bond donors (Lipinski definition) is 1. The molecule has 0 bridgehead atoms. The Kier molecular flexibility index (Phi) is 4.11. The third-order valence-electron chi connectivity index (χ3n) is 2.56. The van der Waals surface area contributed by atoms with Crippen molar-refractivity contribution in [3.05, 3.63) is 64.1 Å². The summed E-state index contributed by atoms with van der Waals surface area (Å²) >= 11 is 0. The minimum absolute atomic E-state index is 0.0811. The molecule has 21 heavy (non-hydrogen) atoms.